The number of para-hydroxylation sites is 1. The fraction of sp³-hybridized carbons (Fsp3) is 0.400. The quantitative estimate of drug-likeness (QED) is 0.759. The molecular formula is C15H17NO2. The highest BCUT2D eigenvalue weighted by atomic mass is 16.5. The Labute approximate surface area is 106 Å². The Morgan fingerprint density at radius 1 is 1.33 bits per heavy atom. The van der Waals surface area contributed by atoms with Gasteiger partial charge in [-0.1, -0.05) is 24.6 Å². The van der Waals surface area contributed by atoms with Gasteiger partial charge in [0.2, 0.25) is 0 Å². The Hall–Kier alpha value is -1.77. The van der Waals surface area contributed by atoms with Crippen LogP contribution < -0.4 is 0 Å². The van der Waals surface area contributed by atoms with E-state index in [9.17, 15) is 4.79 Å². The van der Waals surface area contributed by atoms with Crippen LogP contribution in [0.25, 0.3) is 10.9 Å². The summed E-state index contributed by atoms with van der Waals surface area (Å²) in [7, 11) is 3.50. The van der Waals surface area contributed by atoms with Gasteiger partial charge < -0.3 is 9.30 Å². The minimum absolute atomic E-state index is 0.0925. The molecular weight excluding hydrogens is 226 g/mol. The van der Waals surface area contributed by atoms with Crippen molar-refractivity contribution >= 4 is 16.9 Å². The number of methoxy groups -OCH3 is 1. The Morgan fingerprint density at radius 2 is 2.06 bits per heavy atom. The summed E-state index contributed by atoms with van der Waals surface area (Å²) in [4.78, 5) is 12.1. The first-order chi connectivity index (χ1) is 8.69. The molecule has 0 atom stereocenters. The molecule has 1 aromatic heterocycles. The molecule has 1 fully saturated rings. The molecule has 0 unspecified atom stereocenters. The number of nitrogens with zero attached hydrogens (tertiary/aromatic N) is 1. The lowest BCUT2D eigenvalue weighted by atomic mass is 9.64. The molecule has 3 heteroatoms. The zero-order chi connectivity index (χ0) is 12.8. The van der Waals surface area contributed by atoms with Crippen LogP contribution >= 0.6 is 0 Å². The van der Waals surface area contributed by atoms with Gasteiger partial charge in [-0.3, -0.25) is 4.79 Å². The monoisotopic (exact) mass is 243 g/mol. The predicted octanol–water partition coefficient (Wildman–Crippen LogP) is 2.77. The Morgan fingerprint density at radius 3 is 2.67 bits per heavy atom. The van der Waals surface area contributed by atoms with E-state index in [1.807, 2.05) is 19.2 Å². The molecule has 1 aromatic carbocycles. The smallest absolute Gasteiger partial charge is 0.316 e. The zero-order valence-electron chi connectivity index (χ0n) is 10.8. The van der Waals surface area contributed by atoms with Gasteiger partial charge in [0, 0.05) is 24.1 Å². The van der Waals surface area contributed by atoms with Gasteiger partial charge in [-0.2, -0.15) is 0 Å². The summed E-state index contributed by atoms with van der Waals surface area (Å²) in [5.41, 5.74) is 1.89. The maximum Gasteiger partial charge on any atom is 0.316 e. The van der Waals surface area contributed by atoms with Gasteiger partial charge in [-0.05, 0) is 24.5 Å². The van der Waals surface area contributed by atoms with Gasteiger partial charge >= 0.3 is 5.97 Å². The van der Waals surface area contributed by atoms with Crippen LogP contribution in [-0.2, 0) is 22.0 Å². The van der Waals surface area contributed by atoms with E-state index in [1.165, 1.54) is 18.0 Å². The maximum absolute atomic E-state index is 12.1. The average molecular weight is 243 g/mol. The van der Waals surface area contributed by atoms with Crippen LogP contribution in [0.4, 0.5) is 0 Å². The molecule has 94 valence electrons. The molecule has 0 radical (unpaired) electrons. The Bertz CT molecular complexity index is 608. The third kappa shape index (κ3) is 1.33. The number of hydrogen-bond acceptors (Lipinski definition) is 2. The lowest BCUT2D eigenvalue weighted by molar-refractivity contribution is -0.151. The number of carbonyl (C=O) groups excluding carboxylic acids is 1. The van der Waals surface area contributed by atoms with Crippen LogP contribution in [0.5, 0.6) is 0 Å². The lowest BCUT2D eigenvalue weighted by Crippen LogP contribution is -2.43. The summed E-state index contributed by atoms with van der Waals surface area (Å²) in [5.74, 6) is -0.0925. The number of hydrogen-bond donors (Lipinski definition) is 0. The molecule has 18 heavy (non-hydrogen) atoms. The van der Waals surface area contributed by atoms with Gasteiger partial charge in [-0.15, -0.1) is 0 Å². The third-order valence-corrected chi connectivity index (χ3v) is 4.20. The van der Waals surface area contributed by atoms with Crippen LogP contribution in [0.2, 0.25) is 0 Å². The molecule has 1 heterocycles. The van der Waals surface area contributed by atoms with Crippen molar-refractivity contribution in [2.75, 3.05) is 7.11 Å². The van der Waals surface area contributed by atoms with E-state index in [1.54, 1.807) is 0 Å². The first kappa shape index (κ1) is 11.3. The van der Waals surface area contributed by atoms with E-state index in [0.717, 1.165) is 24.8 Å². The van der Waals surface area contributed by atoms with E-state index < -0.39 is 5.41 Å². The Balaban J connectivity index is 2.22. The summed E-state index contributed by atoms with van der Waals surface area (Å²) in [6.45, 7) is 0. The summed E-state index contributed by atoms with van der Waals surface area (Å²) in [6, 6.07) is 8.23. The summed E-state index contributed by atoms with van der Waals surface area (Å²) >= 11 is 0. The molecule has 0 amide bonds. The second-order valence-electron chi connectivity index (χ2n) is 5.10. The van der Waals surface area contributed by atoms with Crippen molar-refractivity contribution in [3.63, 3.8) is 0 Å². The highest BCUT2D eigenvalue weighted by Gasteiger charge is 2.48. The van der Waals surface area contributed by atoms with E-state index in [-0.39, 0.29) is 5.97 Å². The van der Waals surface area contributed by atoms with Crippen LogP contribution in [0.15, 0.2) is 30.5 Å². The van der Waals surface area contributed by atoms with E-state index in [2.05, 4.69) is 22.9 Å². The van der Waals surface area contributed by atoms with E-state index in [0.29, 0.717) is 0 Å². The molecule has 1 saturated carbocycles. The highest BCUT2D eigenvalue weighted by molar-refractivity contribution is 5.93. The predicted molar refractivity (Wildman–Crippen MR) is 70.5 cm³/mol. The SMILES string of the molecule is COC(=O)C1(c2cn(C)c3ccccc23)CCC1. The molecule has 1 aliphatic carbocycles. The minimum Gasteiger partial charge on any atom is -0.468 e. The average Bonchev–Trinajstić information content (AvgIpc) is 2.67. The van der Waals surface area contributed by atoms with Crippen molar-refractivity contribution in [1.82, 2.24) is 4.57 Å². The molecule has 0 N–H and O–H groups in total. The van der Waals surface area contributed by atoms with Gasteiger partial charge in [-0.25, -0.2) is 0 Å². The van der Waals surface area contributed by atoms with Crippen LogP contribution in [0.1, 0.15) is 24.8 Å². The second-order valence-corrected chi connectivity index (χ2v) is 5.10. The zero-order valence-corrected chi connectivity index (χ0v) is 10.8. The van der Waals surface area contributed by atoms with E-state index >= 15 is 0 Å². The first-order valence-electron chi connectivity index (χ1n) is 6.32. The number of ether oxygens (including phenoxy) is 1. The Kier molecular flexibility index (Phi) is 2.44. The minimum atomic E-state index is -0.407. The molecule has 0 spiro atoms. The maximum atomic E-state index is 12.1. The molecule has 2 aromatic rings. The standard InChI is InChI=1S/C15H17NO2/c1-16-10-12(11-6-3-4-7-13(11)16)15(8-5-9-15)14(17)18-2/h3-4,6-7,10H,5,8-9H2,1-2H3. The third-order valence-electron chi connectivity index (χ3n) is 4.20. The number of aryl methyl sites for hydroxylation is 1. The van der Waals surface area contributed by atoms with Crippen molar-refractivity contribution in [2.24, 2.45) is 7.05 Å². The van der Waals surface area contributed by atoms with Crippen molar-refractivity contribution in [2.45, 2.75) is 24.7 Å². The number of benzene rings is 1. The largest absolute Gasteiger partial charge is 0.468 e. The summed E-state index contributed by atoms with van der Waals surface area (Å²) in [6.07, 6.45) is 4.97. The fourth-order valence-electron chi connectivity index (χ4n) is 3.03. The second kappa shape index (κ2) is 3.87. The van der Waals surface area contributed by atoms with Crippen LogP contribution in [-0.4, -0.2) is 17.6 Å². The molecule has 3 nitrogen and oxygen atoms in total. The number of esters is 1. The highest BCUT2D eigenvalue weighted by Crippen LogP contribution is 2.47. The first-order valence-corrected chi connectivity index (χ1v) is 6.32. The summed E-state index contributed by atoms with van der Waals surface area (Å²) in [5, 5.41) is 1.17. The van der Waals surface area contributed by atoms with Crippen LogP contribution in [0.3, 0.4) is 0 Å². The lowest BCUT2D eigenvalue weighted by Gasteiger charge is -2.38. The summed E-state index contributed by atoms with van der Waals surface area (Å²) < 4.78 is 7.11. The topological polar surface area (TPSA) is 31.2 Å². The van der Waals surface area contributed by atoms with Crippen LogP contribution in [0, 0.1) is 0 Å². The van der Waals surface area contributed by atoms with Crippen molar-refractivity contribution in [3.05, 3.63) is 36.0 Å². The van der Waals surface area contributed by atoms with E-state index in [4.69, 9.17) is 4.74 Å². The van der Waals surface area contributed by atoms with Gasteiger partial charge in [0.05, 0.1) is 12.5 Å². The molecule has 0 aliphatic heterocycles. The molecule has 0 bridgehead atoms. The fourth-order valence-corrected chi connectivity index (χ4v) is 3.03. The molecule has 1 aliphatic rings. The molecule has 3 rings (SSSR count). The number of fused-ring (bicyclic) bond motifs is 1. The molecule has 0 saturated heterocycles. The van der Waals surface area contributed by atoms with Gasteiger partial charge in [0.15, 0.2) is 0 Å². The van der Waals surface area contributed by atoms with Crippen molar-refractivity contribution in [3.8, 4) is 0 Å². The normalized spacial score (nSPS) is 17.4. The van der Waals surface area contributed by atoms with Crippen molar-refractivity contribution in [1.29, 1.82) is 0 Å². The number of rotatable bonds is 2. The van der Waals surface area contributed by atoms with Crippen molar-refractivity contribution < 1.29 is 9.53 Å². The van der Waals surface area contributed by atoms with Gasteiger partial charge in [0.1, 0.15) is 0 Å². The number of aromatic nitrogens is 1. The number of carbonyl (C=O) groups is 1. The van der Waals surface area contributed by atoms with Gasteiger partial charge in [0.25, 0.3) is 0 Å².